The quantitative estimate of drug-likeness (QED) is 0.569. The van der Waals surface area contributed by atoms with Crippen LogP contribution in [0.15, 0.2) is 65.5 Å². The fourth-order valence-corrected chi connectivity index (χ4v) is 6.10. The minimum absolute atomic E-state index is 0.0608. The van der Waals surface area contributed by atoms with E-state index in [1.165, 1.54) is 0 Å². The van der Waals surface area contributed by atoms with E-state index in [1.807, 2.05) is 49.4 Å². The van der Waals surface area contributed by atoms with Gasteiger partial charge in [0.25, 0.3) is 0 Å². The molecular formula is C30H31NO6. The molecule has 0 spiro atoms. The second-order valence-corrected chi connectivity index (χ2v) is 10.2. The first-order valence-electron chi connectivity index (χ1n) is 13.0. The third-order valence-electron chi connectivity index (χ3n) is 7.96. The highest BCUT2D eigenvalue weighted by Crippen LogP contribution is 2.48. The van der Waals surface area contributed by atoms with E-state index < -0.39 is 11.8 Å². The number of methoxy groups -OCH3 is 1. The Morgan fingerprint density at radius 2 is 1.70 bits per heavy atom. The van der Waals surface area contributed by atoms with Crippen molar-refractivity contribution < 1.29 is 28.5 Å². The fourth-order valence-electron chi connectivity index (χ4n) is 6.10. The lowest BCUT2D eigenvalue weighted by Crippen LogP contribution is -2.42. The third kappa shape index (κ3) is 4.37. The number of fused-ring (bicyclic) bond motifs is 2. The number of nitrogens with one attached hydrogen (secondary N) is 1. The van der Waals surface area contributed by atoms with Crippen molar-refractivity contribution in [3.63, 3.8) is 0 Å². The van der Waals surface area contributed by atoms with Crippen molar-refractivity contribution in [3.8, 4) is 17.2 Å². The van der Waals surface area contributed by atoms with E-state index >= 15 is 0 Å². The molecule has 0 saturated heterocycles. The lowest BCUT2D eigenvalue weighted by Gasteiger charge is -2.39. The van der Waals surface area contributed by atoms with Gasteiger partial charge in [0.05, 0.1) is 18.6 Å². The number of carbonyl (C=O) groups is 2. The third-order valence-corrected chi connectivity index (χ3v) is 7.96. The Balaban J connectivity index is 1.40. The van der Waals surface area contributed by atoms with E-state index in [0.717, 1.165) is 54.0 Å². The van der Waals surface area contributed by atoms with Gasteiger partial charge in [-0.3, -0.25) is 4.79 Å². The molecule has 192 valence electrons. The Hall–Kier alpha value is -3.74. The molecule has 1 N–H and O–H groups in total. The molecule has 4 aliphatic rings. The van der Waals surface area contributed by atoms with E-state index in [2.05, 4.69) is 11.4 Å². The summed E-state index contributed by atoms with van der Waals surface area (Å²) >= 11 is 0. The predicted octanol–water partition coefficient (Wildman–Crippen LogP) is 5.13. The first-order chi connectivity index (χ1) is 18.0. The molecule has 7 nitrogen and oxygen atoms in total. The number of ketones is 1. The fraction of sp³-hybridized carbons (Fsp3) is 0.400. The van der Waals surface area contributed by atoms with Gasteiger partial charge in [-0.15, -0.1) is 0 Å². The normalized spacial score (nSPS) is 24.9. The Labute approximate surface area is 216 Å². The Morgan fingerprint density at radius 1 is 0.973 bits per heavy atom. The van der Waals surface area contributed by atoms with Crippen LogP contribution in [-0.4, -0.2) is 31.8 Å². The van der Waals surface area contributed by atoms with Crippen LogP contribution in [0.2, 0.25) is 0 Å². The summed E-state index contributed by atoms with van der Waals surface area (Å²) in [5, 5.41) is 3.42. The van der Waals surface area contributed by atoms with Gasteiger partial charge < -0.3 is 24.3 Å². The van der Waals surface area contributed by atoms with E-state index in [0.29, 0.717) is 23.5 Å². The minimum atomic E-state index is -0.510. The second-order valence-electron chi connectivity index (χ2n) is 10.2. The number of rotatable bonds is 5. The molecule has 2 aliphatic heterocycles. The molecule has 2 heterocycles. The van der Waals surface area contributed by atoms with E-state index in [9.17, 15) is 9.59 Å². The summed E-state index contributed by atoms with van der Waals surface area (Å²) < 4.78 is 22.4. The van der Waals surface area contributed by atoms with E-state index in [1.54, 1.807) is 7.11 Å². The smallest absolute Gasteiger partial charge is 0.336 e. The van der Waals surface area contributed by atoms with Crippen LogP contribution >= 0.6 is 0 Å². The van der Waals surface area contributed by atoms with Gasteiger partial charge >= 0.3 is 5.97 Å². The monoisotopic (exact) mass is 501 g/mol. The van der Waals surface area contributed by atoms with Gasteiger partial charge in [0.2, 0.25) is 6.79 Å². The molecule has 3 atom stereocenters. The van der Waals surface area contributed by atoms with Crippen molar-refractivity contribution in [2.45, 2.75) is 57.0 Å². The zero-order valence-corrected chi connectivity index (χ0v) is 21.1. The molecular weight excluding hydrogens is 470 g/mol. The minimum Gasteiger partial charge on any atom is -0.497 e. The summed E-state index contributed by atoms with van der Waals surface area (Å²) in [6, 6.07) is 13.5. The number of hydrogen-bond acceptors (Lipinski definition) is 7. The first-order valence-corrected chi connectivity index (χ1v) is 13.0. The summed E-state index contributed by atoms with van der Waals surface area (Å²) in [6.07, 6.45) is 6.34. The lowest BCUT2D eigenvalue weighted by atomic mass is 9.68. The first kappa shape index (κ1) is 23.6. The molecule has 2 aromatic rings. The van der Waals surface area contributed by atoms with Gasteiger partial charge in [0, 0.05) is 29.7 Å². The maximum Gasteiger partial charge on any atom is 0.336 e. The van der Waals surface area contributed by atoms with Crippen LogP contribution in [0.25, 0.3) is 0 Å². The van der Waals surface area contributed by atoms with Crippen LogP contribution in [0.5, 0.6) is 17.2 Å². The van der Waals surface area contributed by atoms with Gasteiger partial charge in [-0.05, 0) is 68.0 Å². The molecule has 1 saturated carbocycles. The van der Waals surface area contributed by atoms with Gasteiger partial charge in [0.1, 0.15) is 17.6 Å². The molecule has 0 bridgehead atoms. The predicted molar refractivity (Wildman–Crippen MR) is 136 cm³/mol. The van der Waals surface area contributed by atoms with Crippen molar-refractivity contribution in [2.75, 3.05) is 13.9 Å². The van der Waals surface area contributed by atoms with Crippen LogP contribution < -0.4 is 19.5 Å². The standard InChI is InChI=1S/C30H31NO6/c1-17-27(30(33)37-22-5-3-4-6-22)28(19-9-12-25-26(15-19)36-16-35-25)29-23(31-17)13-20(14-24(29)32)18-7-10-21(34-2)11-8-18/h7-13,15,20,22,28-29,31H,3-6,14,16H2,1-2H3. The highest BCUT2D eigenvalue weighted by atomic mass is 16.7. The van der Waals surface area contributed by atoms with Gasteiger partial charge in [0.15, 0.2) is 11.5 Å². The Bertz CT molecular complexity index is 1290. The van der Waals surface area contributed by atoms with E-state index in [-0.39, 0.29) is 30.6 Å². The highest BCUT2D eigenvalue weighted by Gasteiger charge is 2.45. The maximum absolute atomic E-state index is 13.8. The van der Waals surface area contributed by atoms with Gasteiger partial charge in [-0.1, -0.05) is 24.3 Å². The lowest BCUT2D eigenvalue weighted by molar-refractivity contribution is -0.144. The number of ether oxygens (including phenoxy) is 4. The molecule has 0 aromatic heterocycles. The molecule has 37 heavy (non-hydrogen) atoms. The van der Waals surface area contributed by atoms with Crippen LogP contribution in [0.4, 0.5) is 0 Å². The Morgan fingerprint density at radius 3 is 2.46 bits per heavy atom. The molecule has 1 fully saturated rings. The highest BCUT2D eigenvalue weighted by molar-refractivity contribution is 5.96. The summed E-state index contributed by atoms with van der Waals surface area (Å²) in [4.78, 5) is 27.4. The number of Topliss-reactive ketones (excluding diaryl/α,β-unsaturated/α-hetero) is 1. The van der Waals surface area contributed by atoms with Crippen LogP contribution in [0.3, 0.4) is 0 Å². The maximum atomic E-state index is 13.8. The molecule has 6 rings (SSSR count). The summed E-state index contributed by atoms with van der Waals surface area (Å²) in [5.41, 5.74) is 3.96. The zero-order valence-electron chi connectivity index (χ0n) is 21.1. The van der Waals surface area contributed by atoms with Crippen LogP contribution in [0.1, 0.15) is 62.0 Å². The van der Waals surface area contributed by atoms with Crippen LogP contribution in [0, 0.1) is 5.92 Å². The average molecular weight is 502 g/mol. The molecule has 0 radical (unpaired) electrons. The van der Waals surface area contributed by atoms with Crippen LogP contribution in [-0.2, 0) is 14.3 Å². The molecule has 0 amide bonds. The summed E-state index contributed by atoms with van der Waals surface area (Å²) in [5.74, 6) is 0.773. The van der Waals surface area contributed by atoms with Crippen molar-refractivity contribution >= 4 is 11.8 Å². The number of carbonyl (C=O) groups excluding carboxylic acids is 2. The topological polar surface area (TPSA) is 83.1 Å². The number of allylic oxidation sites excluding steroid dienone is 3. The van der Waals surface area contributed by atoms with Crippen molar-refractivity contribution in [1.29, 1.82) is 0 Å². The van der Waals surface area contributed by atoms with Gasteiger partial charge in [-0.2, -0.15) is 0 Å². The molecule has 2 aromatic carbocycles. The zero-order chi connectivity index (χ0) is 25.5. The summed E-state index contributed by atoms with van der Waals surface area (Å²) in [6.45, 7) is 2.05. The average Bonchev–Trinajstić information content (AvgIpc) is 3.59. The molecule has 3 unspecified atom stereocenters. The molecule has 2 aliphatic carbocycles. The molecule has 7 heteroatoms. The van der Waals surface area contributed by atoms with Gasteiger partial charge in [-0.25, -0.2) is 4.79 Å². The van der Waals surface area contributed by atoms with Crippen molar-refractivity contribution in [2.24, 2.45) is 5.92 Å². The van der Waals surface area contributed by atoms with Crippen molar-refractivity contribution in [3.05, 3.63) is 76.6 Å². The number of hydrogen-bond donors (Lipinski definition) is 1. The largest absolute Gasteiger partial charge is 0.497 e. The summed E-state index contributed by atoms with van der Waals surface area (Å²) in [7, 11) is 1.64. The van der Waals surface area contributed by atoms with E-state index in [4.69, 9.17) is 18.9 Å². The number of esters is 1. The number of benzene rings is 2. The van der Waals surface area contributed by atoms with Crippen molar-refractivity contribution in [1.82, 2.24) is 5.32 Å². The Kier molecular flexibility index (Phi) is 6.14. The second kappa shape index (κ2) is 9.61. The SMILES string of the molecule is COc1ccc(C2C=C3NC(C)=C(C(=O)OC4CCCC4)C(c4ccc5c(c4)OCO5)C3C(=O)C2)cc1.